The van der Waals surface area contributed by atoms with E-state index in [1.54, 1.807) is 7.11 Å². The van der Waals surface area contributed by atoms with Crippen molar-refractivity contribution in [2.45, 2.75) is 64.0 Å². The molecular formula is C29H35NO2. The minimum absolute atomic E-state index is 0.00341. The number of ether oxygens (including phenoxy) is 1. The van der Waals surface area contributed by atoms with Crippen molar-refractivity contribution in [3.8, 4) is 5.75 Å². The van der Waals surface area contributed by atoms with Crippen LogP contribution in [0.15, 0.2) is 53.5 Å². The van der Waals surface area contributed by atoms with E-state index in [2.05, 4.69) is 62.4 Å². The van der Waals surface area contributed by atoms with Gasteiger partial charge in [0.2, 0.25) is 0 Å². The molecule has 0 aromatic heterocycles. The standard InChI is InChI=1S/C29H35NO2/c1-19-6-8-20(9-7-19)5-4-16-30-27-18-26-25-12-10-21-17-22(32-3)11-13-23(21)24(25)14-15-29(26,2)28(27)31/h4-9,11,13,16-17,24-28,31H,10,12,14-15,18H2,1-3H3/b5-4+,30-16?/t24-,25-,26+,27+,28-,29+/m1/s1. The maximum atomic E-state index is 11.3. The van der Waals surface area contributed by atoms with Gasteiger partial charge in [0, 0.05) is 6.21 Å². The zero-order valence-corrected chi connectivity index (χ0v) is 19.5. The van der Waals surface area contributed by atoms with Crippen LogP contribution >= 0.6 is 0 Å². The quantitative estimate of drug-likeness (QED) is 0.607. The Hall–Kier alpha value is -2.39. The summed E-state index contributed by atoms with van der Waals surface area (Å²) in [6.07, 6.45) is 11.2. The number of methoxy groups -OCH3 is 1. The summed E-state index contributed by atoms with van der Waals surface area (Å²) in [5.41, 5.74) is 5.40. The van der Waals surface area contributed by atoms with Gasteiger partial charge in [0.1, 0.15) is 5.75 Å². The normalized spacial score (nSPS) is 33.8. The highest BCUT2D eigenvalue weighted by Gasteiger charge is 2.57. The molecule has 3 nitrogen and oxygen atoms in total. The van der Waals surface area contributed by atoms with Gasteiger partial charge < -0.3 is 9.84 Å². The van der Waals surface area contributed by atoms with Crippen LogP contribution in [0, 0.1) is 24.2 Å². The molecule has 32 heavy (non-hydrogen) atoms. The maximum absolute atomic E-state index is 11.3. The number of allylic oxidation sites excluding steroid dienone is 1. The predicted molar refractivity (Wildman–Crippen MR) is 131 cm³/mol. The zero-order chi connectivity index (χ0) is 22.3. The van der Waals surface area contributed by atoms with Crippen molar-refractivity contribution in [1.29, 1.82) is 0 Å². The van der Waals surface area contributed by atoms with E-state index in [1.165, 1.54) is 28.7 Å². The van der Waals surface area contributed by atoms with E-state index < -0.39 is 0 Å². The lowest BCUT2D eigenvalue weighted by Gasteiger charge is -2.50. The van der Waals surface area contributed by atoms with E-state index in [-0.39, 0.29) is 17.6 Å². The van der Waals surface area contributed by atoms with E-state index >= 15 is 0 Å². The third-order valence-corrected chi connectivity index (χ3v) is 8.64. The Labute approximate surface area is 192 Å². The number of hydrogen-bond donors (Lipinski definition) is 1. The Kier molecular flexibility index (Phi) is 5.71. The third-order valence-electron chi connectivity index (χ3n) is 8.64. The molecule has 1 N–H and O–H groups in total. The van der Waals surface area contributed by atoms with Crippen LogP contribution in [0.1, 0.15) is 60.8 Å². The average Bonchev–Trinajstić information content (AvgIpc) is 3.07. The summed E-state index contributed by atoms with van der Waals surface area (Å²) in [5.74, 6) is 2.76. The van der Waals surface area contributed by atoms with Gasteiger partial charge in [-0.3, -0.25) is 4.99 Å². The molecule has 3 aliphatic rings. The average molecular weight is 430 g/mol. The predicted octanol–water partition coefficient (Wildman–Crippen LogP) is 5.98. The summed E-state index contributed by atoms with van der Waals surface area (Å²) in [6.45, 7) is 4.42. The second kappa shape index (κ2) is 8.51. The van der Waals surface area contributed by atoms with Crippen LogP contribution in [0.4, 0.5) is 0 Å². The van der Waals surface area contributed by atoms with E-state index in [1.807, 2.05) is 12.3 Å². The molecule has 3 heteroatoms. The van der Waals surface area contributed by atoms with E-state index in [4.69, 9.17) is 9.73 Å². The molecule has 3 aliphatic carbocycles. The second-order valence-corrected chi connectivity index (χ2v) is 10.3. The van der Waals surface area contributed by atoms with Crippen molar-refractivity contribution in [1.82, 2.24) is 0 Å². The van der Waals surface area contributed by atoms with Gasteiger partial charge in [-0.2, -0.15) is 0 Å². The van der Waals surface area contributed by atoms with Gasteiger partial charge >= 0.3 is 0 Å². The Morgan fingerprint density at radius 2 is 1.94 bits per heavy atom. The summed E-state index contributed by atoms with van der Waals surface area (Å²) in [5, 5.41) is 11.3. The molecule has 0 unspecified atom stereocenters. The molecule has 0 amide bonds. The highest BCUT2D eigenvalue weighted by atomic mass is 16.5. The van der Waals surface area contributed by atoms with Crippen LogP contribution in [-0.2, 0) is 6.42 Å². The SMILES string of the molecule is COc1ccc2c(c1)CC[C@@H]1[C@@H]2CC[C@]2(C)[C@H](O)[C@@H](N=C/C=C/c3ccc(C)cc3)C[C@@H]12. The molecule has 5 rings (SSSR count). The van der Waals surface area contributed by atoms with Crippen molar-refractivity contribution < 1.29 is 9.84 Å². The second-order valence-electron chi connectivity index (χ2n) is 10.3. The Morgan fingerprint density at radius 3 is 2.72 bits per heavy atom. The fraction of sp³-hybridized carbons (Fsp3) is 0.483. The number of hydrogen-bond acceptors (Lipinski definition) is 3. The fourth-order valence-electron chi connectivity index (χ4n) is 6.81. The first-order chi connectivity index (χ1) is 15.5. The molecule has 168 valence electrons. The molecule has 2 aromatic rings. The Morgan fingerprint density at radius 1 is 1.12 bits per heavy atom. The maximum Gasteiger partial charge on any atom is 0.119 e. The van der Waals surface area contributed by atoms with Crippen molar-refractivity contribution in [2.24, 2.45) is 22.2 Å². The van der Waals surface area contributed by atoms with Crippen molar-refractivity contribution in [3.05, 3.63) is 70.8 Å². The molecule has 0 saturated heterocycles. The monoisotopic (exact) mass is 429 g/mol. The van der Waals surface area contributed by atoms with Crippen molar-refractivity contribution in [3.63, 3.8) is 0 Å². The van der Waals surface area contributed by atoms with Gasteiger partial charge in [-0.05, 0) is 97.1 Å². The number of benzene rings is 2. The first-order valence-corrected chi connectivity index (χ1v) is 12.1. The minimum atomic E-state index is -0.352. The first-order valence-electron chi connectivity index (χ1n) is 12.1. The van der Waals surface area contributed by atoms with Crippen LogP contribution < -0.4 is 4.74 Å². The molecule has 2 aromatic carbocycles. The molecule has 0 heterocycles. The number of nitrogens with zero attached hydrogens (tertiary/aromatic N) is 1. The Bertz CT molecular complexity index is 1020. The van der Waals surface area contributed by atoms with Crippen molar-refractivity contribution in [2.75, 3.05) is 7.11 Å². The lowest BCUT2D eigenvalue weighted by molar-refractivity contribution is -0.0254. The summed E-state index contributed by atoms with van der Waals surface area (Å²) in [6, 6.07) is 15.1. The number of aliphatic hydroxyl groups is 1. The fourth-order valence-corrected chi connectivity index (χ4v) is 6.81. The first kappa shape index (κ1) is 21.5. The lowest BCUT2D eigenvalue weighted by atomic mass is 9.55. The van der Waals surface area contributed by atoms with Crippen LogP contribution in [-0.4, -0.2) is 30.6 Å². The van der Waals surface area contributed by atoms with Gasteiger partial charge in [0.05, 0.1) is 19.3 Å². The number of fused-ring (bicyclic) bond motifs is 5. The van der Waals surface area contributed by atoms with Gasteiger partial charge in [-0.25, -0.2) is 0 Å². The highest BCUT2D eigenvalue weighted by molar-refractivity contribution is 5.78. The number of aryl methyl sites for hydroxylation is 2. The minimum Gasteiger partial charge on any atom is -0.497 e. The third kappa shape index (κ3) is 3.71. The van der Waals surface area contributed by atoms with Gasteiger partial charge in [0.25, 0.3) is 0 Å². The molecule has 0 spiro atoms. The summed E-state index contributed by atoms with van der Waals surface area (Å²) in [7, 11) is 1.75. The van der Waals surface area contributed by atoms with Crippen LogP contribution in [0.3, 0.4) is 0 Å². The number of aliphatic hydroxyl groups excluding tert-OH is 1. The molecule has 0 radical (unpaired) electrons. The molecular weight excluding hydrogens is 394 g/mol. The van der Waals surface area contributed by atoms with Crippen LogP contribution in [0.25, 0.3) is 6.08 Å². The van der Waals surface area contributed by atoms with E-state index in [0.717, 1.165) is 31.4 Å². The Balaban J connectivity index is 1.32. The molecule has 0 aliphatic heterocycles. The molecule has 2 fully saturated rings. The van der Waals surface area contributed by atoms with Gasteiger partial charge in [-0.15, -0.1) is 0 Å². The lowest BCUT2D eigenvalue weighted by Crippen LogP contribution is -2.44. The smallest absolute Gasteiger partial charge is 0.119 e. The topological polar surface area (TPSA) is 41.8 Å². The zero-order valence-electron chi connectivity index (χ0n) is 19.5. The number of rotatable bonds is 4. The van der Waals surface area contributed by atoms with E-state index in [0.29, 0.717) is 17.8 Å². The summed E-state index contributed by atoms with van der Waals surface area (Å²) < 4.78 is 5.46. The van der Waals surface area contributed by atoms with Gasteiger partial charge in [0.15, 0.2) is 0 Å². The number of aliphatic imine (C=N–C) groups is 1. The van der Waals surface area contributed by atoms with Crippen LogP contribution in [0.5, 0.6) is 5.75 Å². The van der Waals surface area contributed by atoms with E-state index in [9.17, 15) is 5.11 Å². The summed E-state index contributed by atoms with van der Waals surface area (Å²) in [4.78, 5) is 4.83. The van der Waals surface area contributed by atoms with Gasteiger partial charge in [-0.1, -0.05) is 48.9 Å². The summed E-state index contributed by atoms with van der Waals surface area (Å²) >= 11 is 0. The van der Waals surface area contributed by atoms with Crippen molar-refractivity contribution >= 4 is 12.3 Å². The molecule has 2 saturated carbocycles. The molecule has 6 atom stereocenters. The van der Waals surface area contributed by atoms with Crippen LogP contribution in [0.2, 0.25) is 0 Å². The highest BCUT2D eigenvalue weighted by Crippen LogP contribution is 2.61. The molecule has 0 bridgehead atoms. The largest absolute Gasteiger partial charge is 0.497 e.